The molecule has 15 heavy (non-hydrogen) atoms. The minimum atomic E-state index is 0.404. The Kier molecular flexibility index (Phi) is 5.58. The van der Waals surface area contributed by atoms with Crippen molar-refractivity contribution in [1.82, 2.24) is 9.80 Å². The van der Waals surface area contributed by atoms with Crippen molar-refractivity contribution in [1.29, 1.82) is 0 Å². The minimum Gasteiger partial charge on any atom is -0.328 e. The molecule has 0 aromatic heterocycles. The fraction of sp³-hybridized carbons (Fsp3) is 1.00. The predicted molar refractivity (Wildman–Crippen MR) is 66.0 cm³/mol. The smallest absolute Gasteiger partial charge is 0.0195 e. The molecule has 1 fully saturated rings. The standard InChI is InChI=1S/C12H27N3/c1-4-5-12(13)6-7-15-9-8-14(3)10-11(15)2/h11-12H,4-10,13H2,1-3H3. The monoisotopic (exact) mass is 213 g/mol. The Morgan fingerprint density at radius 3 is 2.67 bits per heavy atom. The van der Waals surface area contributed by atoms with Crippen LogP contribution < -0.4 is 5.73 Å². The van der Waals surface area contributed by atoms with Crippen LogP contribution in [0.15, 0.2) is 0 Å². The third-order valence-electron chi connectivity index (χ3n) is 3.41. The van der Waals surface area contributed by atoms with E-state index >= 15 is 0 Å². The number of nitrogens with two attached hydrogens (primary N) is 1. The van der Waals surface area contributed by atoms with Gasteiger partial charge in [0.25, 0.3) is 0 Å². The maximum Gasteiger partial charge on any atom is 0.0195 e. The Bertz CT molecular complexity index is 172. The molecule has 0 amide bonds. The number of rotatable bonds is 5. The molecule has 0 aliphatic carbocycles. The summed E-state index contributed by atoms with van der Waals surface area (Å²) in [6.07, 6.45) is 3.53. The van der Waals surface area contributed by atoms with Crippen LogP contribution in [-0.2, 0) is 0 Å². The van der Waals surface area contributed by atoms with Crippen LogP contribution in [0.1, 0.15) is 33.1 Å². The average Bonchev–Trinajstić information content (AvgIpc) is 2.17. The van der Waals surface area contributed by atoms with Crippen molar-refractivity contribution in [3.8, 4) is 0 Å². The van der Waals surface area contributed by atoms with Gasteiger partial charge >= 0.3 is 0 Å². The summed E-state index contributed by atoms with van der Waals surface area (Å²) in [5.74, 6) is 0. The third kappa shape index (κ3) is 4.49. The molecular weight excluding hydrogens is 186 g/mol. The summed E-state index contributed by atoms with van der Waals surface area (Å²) in [5, 5.41) is 0. The van der Waals surface area contributed by atoms with E-state index in [9.17, 15) is 0 Å². The molecule has 1 heterocycles. The summed E-state index contributed by atoms with van der Waals surface area (Å²) in [5.41, 5.74) is 6.04. The van der Waals surface area contributed by atoms with Crippen LogP contribution in [-0.4, -0.2) is 55.1 Å². The van der Waals surface area contributed by atoms with Crippen LogP contribution in [0.4, 0.5) is 0 Å². The highest BCUT2D eigenvalue weighted by atomic mass is 15.3. The zero-order valence-electron chi connectivity index (χ0n) is 10.6. The van der Waals surface area contributed by atoms with Crippen molar-refractivity contribution < 1.29 is 0 Å². The molecule has 1 rings (SSSR count). The van der Waals surface area contributed by atoms with Crippen molar-refractivity contribution in [3.05, 3.63) is 0 Å². The second kappa shape index (κ2) is 6.46. The van der Waals surface area contributed by atoms with E-state index in [0.29, 0.717) is 12.1 Å². The van der Waals surface area contributed by atoms with Gasteiger partial charge in [0, 0.05) is 31.7 Å². The van der Waals surface area contributed by atoms with Gasteiger partial charge in [-0.25, -0.2) is 0 Å². The molecule has 2 atom stereocenters. The lowest BCUT2D eigenvalue weighted by atomic mass is 10.1. The van der Waals surface area contributed by atoms with Crippen LogP contribution in [0, 0.1) is 0 Å². The van der Waals surface area contributed by atoms with E-state index in [1.54, 1.807) is 0 Å². The molecule has 0 bridgehead atoms. The molecule has 1 aliphatic heterocycles. The molecule has 0 spiro atoms. The van der Waals surface area contributed by atoms with E-state index in [-0.39, 0.29) is 0 Å². The highest BCUT2D eigenvalue weighted by Gasteiger charge is 2.21. The van der Waals surface area contributed by atoms with Gasteiger partial charge in [0.05, 0.1) is 0 Å². The van der Waals surface area contributed by atoms with Gasteiger partial charge in [0.1, 0.15) is 0 Å². The molecule has 0 saturated carbocycles. The molecule has 1 aliphatic rings. The number of likely N-dealkylation sites (N-methyl/N-ethyl adjacent to an activating group) is 1. The number of piperazine rings is 1. The molecule has 0 aromatic carbocycles. The van der Waals surface area contributed by atoms with Gasteiger partial charge in [-0.2, -0.15) is 0 Å². The van der Waals surface area contributed by atoms with Crippen molar-refractivity contribution in [3.63, 3.8) is 0 Å². The zero-order chi connectivity index (χ0) is 11.3. The van der Waals surface area contributed by atoms with E-state index in [2.05, 4.69) is 30.7 Å². The van der Waals surface area contributed by atoms with E-state index in [0.717, 1.165) is 6.42 Å². The maximum atomic E-state index is 6.04. The summed E-state index contributed by atoms with van der Waals surface area (Å²) in [6.45, 7) is 9.31. The molecule has 1 saturated heterocycles. The molecule has 2 N–H and O–H groups in total. The van der Waals surface area contributed by atoms with Gasteiger partial charge in [-0.05, 0) is 33.4 Å². The zero-order valence-corrected chi connectivity index (χ0v) is 10.6. The first-order valence-electron chi connectivity index (χ1n) is 6.31. The molecular formula is C12H27N3. The van der Waals surface area contributed by atoms with Crippen LogP contribution in [0.2, 0.25) is 0 Å². The second-order valence-corrected chi connectivity index (χ2v) is 4.98. The summed E-state index contributed by atoms with van der Waals surface area (Å²) >= 11 is 0. The molecule has 3 heteroatoms. The number of hydrogen-bond acceptors (Lipinski definition) is 3. The number of hydrogen-bond donors (Lipinski definition) is 1. The first-order chi connectivity index (χ1) is 7.13. The summed E-state index contributed by atoms with van der Waals surface area (Å²) in [4.78, 5) is 4.99. The Hall–Kier alpha value is -0.120. The van der Waals surface area contributed by atoms with E-state index < -0.39 is 0 Å². The predicted octanol–water partition coefficient (Wildman–Crippen LogP) is 1.14. The van der Waals surface area contributed by atoms with Crippen LogP contribution >= 0.6 is 0 Å². The van der Waals surface area contributed by atoms with Gasteiger partial charge in [-0.15, -0.1) is 0 Å². The lowest BCUT2D eigenvalue weighted by molar-refractivity contribution is 0.0970. The van der Waals surface area contributed by atoms with Gasteiger partial charge in [-0.3, -0.25) is 4.90 Å². The second-order valence-electron chi connectivity index (χ2n) is 4.98. The highest BCUT2D eigenvalue weighted by molar-refractivity contribution is 4.78. The fourth-order valence-corrected chi connectivity index (χ4v) is 2.36. The summed E-state index contributed by atoms with van der Waals surface area (Å²) < 4.78 is 0. The highest BCUT2D eigenvalue weighted by Crippen LogP contribution is 2.09. The van der Waals surface area contributed by atoms with Crippen LogP contribution in [0.3, 0.4) is 0 Å². The first kappa shape index (κ1) is 12.9. The minimum absolute atomic E-state index is 0.404. The van der Waals surface area contributed by atoms with Crippen LogP contribution in [0.25, 0.3) is 0 Å². The van der Waals surface area contributed by atoms with Crippen molar-refractivity contribution >= 4 is 0 Å². The molecule has 0 radical (unpaired) electrons. The lowest BCUT2D eigenvalue weighted by Crippen LogP contribution is -2.51. The Morgan fingerprint density at radius 1 is 1.33 bits per heavy atom. The lowest BCUT2D eigenvalue weighted by Gasteiger charge is -2.38. The van der Waals surface area contributed by atoms with Gasteiger partial charge < -0.3 is 10.6 Å². The van der Waals surface area contributed by atoms with Gasteiger partial charge in [0.2, 0.25) is 0 Å². The third-order valence-corrected chi connectivity index (χ3v) is 3.41. The fourth-order valence-electron chi connectivity index (χ4n) is 2.36. The number of nitrogens with zero attached hydrogens (tertiary/aromatic N) is 2. The Morgan fingerprint density at radius 2 is 2.07 bits per heavy atom. The van der Waals surface area contributed by atoms with Crippen molar-refractivity contribution in [2.24, 2.45) is 5.73 Å². The largest absolute Gasteiger partial charge is 0.328 e. The van der Waals surface area contributed by atoms with Gasteiger partial charge in [0.15, 0.2) is 0 Å². The summed E-state index contributed by atoms with van der Waals surface area (Å²) in [6, 6.07) is 1.10. The quantitative estimate of drug-likeness (QED) is 0.743. The topological polar surface area (TPSA) is 32.5 Å². The van der Waals surface area contributed by atoms with Crippen LogP contribution in [0.5, 0.6) is 0 Å². The van der Waals surface area contributed by atoms with Crippen molar-refractivity contribution in [2.75, 3.05) is 33.2 Å². The summed E-state index contributed by atoms with van der Waals surface area (Å²) in [7, 11) is 2.21. The molecule has 0 aromatic rings. The molecule has 90 valence electrons. The van der Waals surface area contributed by atoms with E-state index in [1.165, 1.54) is 39.0 Å². The maximum absolute atomic E-state index is 6.04. The SMILES string of the molecule is CCCC(N)CCN1CCN(C)CC1C. The average molecular weight is 213 g/mol. The van der Waals surface area contributed by atoms with E-state index in [1.807, 2.05) is 0 Å². The van der Waals surface area contributed by atoms with E-state index in [4.69, 9.17) is 5.73 Å². The Balaban J connectivity index is 2.20. The molecule has 3 nitrogen and oxygen atoms in total. The first-order valence-corrected chi connectivity index (χ1v) is 6.31. The molecule has 2 unspecified atom stereocenters. The van der Waals surface area contributed by atoms with Gasteiger partial charge in [-0.1, -0.05) is 13.3 Å². The Labute approximate surface area is 94.6 Å². The normalized spacial score (nSPS) is 26.8. The van der Waals surface area contributed by atoms with Crippen molar-refractivity contribution in [2.45, 2.75) is 45.2 Å².